The number of fused-ring (bicyclic) bond motifs is 1. The van der Waals surface area contributed by atoms with Crippen LogP contribution in [0.25, 0.3) is 6.08 Å². The predicted molar refractivity (Wildman–Crippen MR) is 120 cm³/mol. The van der Waals surface area contributed by atoms with Crippen LogP contribution < -0.4 is 18.9 Å². The number of Topliss-reactive ketones (excluding diaryl/α,β-unsaturated/α-hetero) is 1. The first-order valence-corrected chi connectivity index (χ1v) is 10.4. The lowest BCUT2D eigenvalue weighted by molar-refractivity contribution is 0.0487. The van der Waals surface area contributed by atoms with Gasteiger partial charge in [-0.1, -0.05) is 6.07 Å². The van der Waals surface area contributed by atoms with E-state index in [1.165, 1.54) is 0 Å². The standard InChI is InChI=1S/C25H30O6/c1-6-29-23-15-17(8-11-22(23)30-16-27-4)7-10-20(26)18-9-12-21(28-5)19-13-14-25(2,3)31-24(18)19/h8-9,11-15H,6-7,10,16H2,1-5H3. The molecule has 6 nitrogen and oxygen atoms in total. The number of carbonyl (C=O) groups is 1. The van der Waals surface area contributed by atoms with Gasteiger partial charge in [0.1, 0.15) is 17.1 Å². The van der Waals surface area contributed by atoms with Gasteiger partial charge < -0.3 is 23.7 Å². The SMILES string of the molecule is CCOc1cc(CCC(=O)c2ccc(OC)c3c2OC(C)(C)C=C3)ccc1OCOC. The van der Waals surface area contributed by atoms with Gasteiger partial charge in [-0.2, -0.15) is 0 Å². The zero-order chi connectivity index (χ0) is 22.4. The highest BCUT2D eigenvalue weighted by Gasteiger charge is 2.28. The monoisotopic (exact) mass is 426 g/mol. The van der Waals surface area contributed by atoms with E-state index in [0.717, 1.165) is 11.1 Å². The smallest absolute Gasteiger partial charge is 0.188 e. The third kappa shape index (κ3) is 5.39. The Hall–Kier alpha value is -2.99. The fraction of sp³-hybridized carbons (Fsp3) is 0.400. The molecule has 0 fully saturated rings. The minimum absolute atomic E-state index is 0.0164. The Morgan fingerprint density at radius 2 is 1.81 bits per heavy atom. The van der Waals surface area contributed by atoms with Crippen LogP contribution in [0.4, 0.5) is 0 Å². The Morgan fingerprint density at radius 3 is 2.52 bits per heavy atom. The highest BCUT2D eigenvalue weighted by atomic mass is 16.7. The molecule has 0 atom stereocenters. The second-order valence-electron chi connectivity index (χ2n) is 7.79. The Morgan fingerprint density at radius 1 is 1.03 bits per heavy atom. The van der Waals surface area contributed by atoms with E-state index in [9.17, 15) is 4.79 Å². The third-order valence-electron chi connectivity index (χ3n) is 4.97. The highest BCUT2D eigenvalue weighted by Crippen LogP contribution is 2.40. The Kier molecular flexibility index (Phi) is 7.23. The molecule has 2 aromatic rings. The summed E-state index contributed by atoms with van der Waals surface area (Å²) in [6.45, 7) is 6.50. The first-order valence-electron chi connectivity index (χ1n) is 10.4. The summed E-state index contributed by atoms with van der Waals surface area (Å²) in [5, 5.41) is 0. The molecule has 3 rings (SSSR count). The second-order valence-corrected chi connectivity index (χ2v) is 7.79. The fourth-order valence-corrected chi connectivity index (χ4v) is 3.44. The number of benzene rings is 2. The summed E-state index contributed by atoms with van der Waals surface area (Å²) in [5.74, 6) is 2.54. The van der Waals surface area contributed by atoms with E-state index in [0.29, 0.717) is 48.0 Å². The molecule has 0 amide bonds. The van der Waals surface area contributed by atoms with Crippen molar-refractivity contribution < 1.29 is 28.5 Å². The van der Waals surface area contributed by atoms with E-state index in [2.05, 4.69) is 0 Å². The maximum absolute atomic E-state index is 13.1. The molecule has 1 aliphatic heterocycles. The third-order valence-corrected chi connectivity index (χ3v) is 4.97. The first kappa shape index (κ1) is 22.7. The minimum atomic E-state index is -0.487. The number of carbonyl (C=O) groups excluding carboxylic acids is 1. The maximum Gasteiger partial charge on any atom is 0.188 e. The largest absolute Gasteiger partial charge is 0.496 e. The zero-order valence-electron chi connectivity index (χ0n) is 18.8. The fourth-order valence-electron chi connectivity index (χ4n) is 3.44. The molecule has 0 saturated carbocycles. The highest BCUT2D eigenvalue weighted by molar-refractivity contribution is 6.00. The summed E-state index contributed by atoms with van der Waals surface area (Å²) in [6.07, 6.45) is 4.84. The Bertz CT molecular complexity index is 961. The number of hydrogen-bond donors (Lipinski definition) is 0. The average Bonchev–Trinajstić information content (AvgIpc) is 2.75. The summed E-state index contributed by atoms with van der Waals surface area (Å²) in [5.41, 5.74) is 1.87. The van der Waals surface area contributed by atoms with E-state index < -0.39 is 5.60 Å². The minimum Gasteiger partial charge on any atom is -0.496 e. The lowest BCUT2D eigenvalue weighted by Gasteiger charge is -2.30. The molecule has 0 N–H and O–H groups in total. The number of hydrogen-bond acceptors (Lipinski definition) is 6. The van der Waals surface area contributed by atoms with Gasteiger partial charge >= 0.3 is 0 Å². The van der Waals surface area contributed by atoms with Crippen LogP contribution in [0.1, 0.15) is 48.7 Å². The van der Waals surface area contributed by atoms with E-state index >= 15 is 0 Å². The number of ketones is 1. The van der Waals surface area contributed by atoms with Crippen LogP contribution in [0.3, 0.4) is 0 Å². The van der Waals surface area contributed by atoms with Gasteiger partial charge in [-0.05, 0) is 69.2 Å². The molecule has 0 spiro atoms. The first-order chi connectivity index (χ1) is 14.9. The summed E-state index contributed by atoms with van der Waals surface area (Å²) in [4.78, 5) is 13.1. The number of rotatable bonds is 10. The lowest BCUT2D eigenvalue weighted by Crippen LogP contribution is -2.28. The maximum atomic E-state index is 13.1. The normalized spacial score (nSPS) is 13.8. The summed E-state index contributed by atoms with van der Waals surface area (Å²) >= 11 is 0. The Labute approximate surface area is 183 Å². The van der Waals surface area contributed by atoms with E-state index in [1.807, 2.05) is 57.2 Å². The van der Waals surface area contributed by atoms with Gasteiger partial charge in [0.15, 0.2) is 24.1 Å². The van der Waals surface area contributed by atoms with Crippen molar-refractivity contribution in [3.8, 4) is 23.0 Å². The van der Waals surface area contributed by atoms with Crippen LogP contribution in [-0.2, 0) is 11.2 Å². The molecular weight excluding hydrogens is 396 g/mol. The molecule has 0 bridgehead atoms. The van der Waals surface area contributed by atoms with Crippen molar-refractivity contribution in [2.24, 2.45) is 0 Å². The van der Waals surface area contributed by atoms with Gasteiger partial charge in [0, 0.05) is 13.5 Å². The van der Waals surface area contributed by atoms with Crippen molar-refractivity contribution >= 4 is 11.9 Å². The van der Waals surface area contributed by atoms with Crippen molar-refractivity contribution in [1.82, 2.24) is 0 Å². The van der Waals surface area contributed by atoms with Crippen LogP contribution in [0, 0.1) is 0 Å². The topological polar surface area (TPSA) is 63.2 Å². The number of ether oxygens (including phenoxy) is 5. The van der Waals surface area contributed by atoms with Gasteiger partial charge in [0.05, 0.1) is 24.8 Å². The van der Waals surface area contributed by atoms with Gasteiger partial charge in [-0.15, -0.1) is 0 Å². The van der Waals surface area contributed by atoms with Gasteiger partial charge in [0.2, 0.25) is 0 Å². The molecule has 0 aliphatic carbocycles. The van der Waals surface area contributed by atoms with Crippen molar-refractivity contribution in [3.05, 3.63) is 53.1 Å². The molecule has 6 heteroatoms. The lowest BCUT2D eigenvalue weighted by atomic mass is 9.95. The van der Waals surface area contributed by atoms with Crippen molar-refractivity contribution in [2.75, 3.05) is 27.6 Å². The van der Waals surface area contributed by atoms with Gasteiger partial charge in [0.25, 0.3) is 0 Å². The molecule has 2 aromatic carbocycles. The molecule has 1 heterocycles. The van der Waals surface area contributed by atoms with E-state index in [1.54, 1.807) is 20.3 Å². The molecule has 0 unspecified atom stereocenters. The number of methoxy groups -OCH3 is 2. The zero-order valence-corrected chi connectivity index (χ0v) is 18.8. The summed E-state index contributed by atoms with van der Waals surface area (Å²) in [7, 11) is 3.18. The van der Waals surface area contributed by atoms with Gasteiger partial charge in [-0.3, -0.25) is 4.79 Å². The molecule has 0 aromatic heterocycles. The molecular formula is C25H30O6. The van der Waals surface area contributed by atoms with Crippen LogP contribution in [0.5, 0.6) is 23.0 Å². The van der Waals surface area contributed by atoms with Crippen molar-refractivity contribution in [3.63, 3.8) is 0 Å². The number of aryl methyl sites for hydroxylation is 1. The van der Waals surface area contributed by atoms with Crippen LogP contribution in [0.2, 0.25) is 0 Å². The van der Waals surface area contributed by atoms with E-state index in [4.69, 9.17) is 23.7 Å². The van der Waals surface area contributed by atoms with Crippen LogP contribution in [-0.4, -0.2) is 39.0 Å². The average molecular weight is 427 g/mol. The molecule has 0 saturated heterocycles. The quantitative estimate of drug-likeness (QED) is 0.390. The molecule has 0 radical (unpaired) electrons. The van der Waals surface area contributed by atoms with Crippen molar-refractivity contribution in [1.29, 1.82) is 0 Å². The summed E-state index contributed by atoms with van der Waals surface area (Å²) in [6, 6.07) is 9.28. The van der Waals surface area contributed by atoms with Gasteiger partial charge in [-0.25, -0.2) is 0 Å². The Balaban J connectivity index is 1.79. The molecule has 166 valence electrons. The van der Waals surface area contributed by atoms with E-state index in [-0.39, 0.29) is 12.6 Å². The summed E-state index contributed by atoms with van der Waals surface area (Å²) < 4.78 is 27.8. The predicted octanol–water partition coefficient (Wildman–Crippen LogP) is 5.08. The van der Waals surface area contributed by atoms with Crippen LogP contribution in [0.15, 0.2) is 36.4 Å². The second kappa shape index (κ2) is 9.88. The molecule has 1 aliphatic rings. The van der Waals surface area contributed by atoms with Crippen molar-refractivity contribution in [2.45, 2.75) is 39.2 Å². The van der Waals surface area contributed by atoms with Crippen LogP contribution >= 0.6 is 0 Å². The molecule has 31 heavy (non-hydrogen) atoms.